The largest absolute Gasteiger partial charge is 0.354 e. The van der Waals surface area contributed by atoms with Gasteiger partial charge in [0.1, 0.15) is 0 Å². The van der Waals surface area contributed by atoms with Crippen molar-refractivity contribution in [1.82, 2.24) is 10.0 Å². The minimum Gasteiger partial charge on any atom is -0.354 e. The van der Waals surface area contributed by atoms with Crippen molar-refractivity contribution in [3.05, 3.63) is 65.7 Å². The number of carbonyl (C=O) groups is 1. The van der Waals surface area contributed by atoms with E-state index >= 15 is 0 Å². The summed E-state index contributed by atoms with van der Waals surface area (Å²) in [6.07, 6.45) is 1.84. The van der Waals surface area contributed by atoms with Crippen molar-refractivity contribution in [2.75, 3.05) is 6.54 Å². The second kappa shape index (κ2) is 9.50. The van der Waals surface area contributed by atoms with E-state index < -0.39 is 10.0 Å². The van der Waals surface area contributed by atoms with Crippen LogP contribution in [0.1, 0.15) is 30.9 Å². The van der Waals surface area contributed by atoms with Crippen LogP contribution in [-0.2, 0) is 21.2 Å². The second-order valence-corrected chi connectivity index (χ2v) is 8.22. The summed E-state index contributed by atoms with van der Waals surface area (Å²) in [6, 6.07) is 16.8. The molecule has 2 aromatic carbocycles. The van der Waals surface area contributed by atoms with Gasteiger partial charge in [0.25, 0.3) is 0 Å². The van der Waals surface area contributed by atoms with Gasteiger partial charge in [-0.2, -0.15) is 0 Å². The van der Waals surface area contributed by atoms with E-state index in [0.29, 0.717) is 0 Å². The first-order valence-corrected chi connectivity index (χ1v) is 10.2. The molecule has 0 fully saturated rings. The summed E-state index contributed by atoms with van der Waals surface area (Å²) >= 11 is 0. The van der Waals surface area contributed by atoms with Gasteiger partial charge in [0.2, 0.25) is 15.9 Å². The van der Waals surface area contributed by atoms with E-state index in [0.717, 1.165) is 18.4 Å². The number of sulfonamides is 1. The van der Waals surface area contributed by atoms with E-state index in [1.807, 2.05) is 32.0 Å². The highest BCUT2D eigenvalue weighted by molar-refractivity contribution is 7.89. The molecule has 5 nitrogen and oxygen atoms in total. The fraction of sp³-hybridized carbons (Fsp3) is 0.350. The van der Waals surface area contributed by atoms with Crippen LogP contribution in [0.25, 0.3) is 0 Å². The van der Waals surface area contributed by atoms with E-state index in [1.165, 1.54) is 5.56 Å². The lowest BCUT2D eigenvalue weighted by atomic mass is 10.1. The highest BCUT2D eigenvalue weighted by Gasteiger charge is 2.14. The molecule has 0 bridgehead atoms. The van der Waals surface area contributed by atoms with E-state index in [-0.39, 0.29) is 29.8 Å². The van der Waals surface area contributed by atoms with Crippen LogP contribution < -0.4 is 10.0 Å². The zero-order chi connectivity index (χ0) is 19.0. The number of aryl methyl sites for hydroxylation is 2. The lowest BCUT2D eigenvalue weighted by Crippen LogP contribution is -2.35. The predicted octanol–water partition coefficient (Wildman–Crippen LogP) is 2.80. The highest BCUT2D eigenvalue weighted by atomic mass is 32.2. The van der Waals surface area contributed by atoms with Gasteiger partial charge >= 0.3 is 0 Å². The summed E-state index contributed by atoms with van der Waals surface area (Å²) in [5, 5.41) is 2.91. The summed E-state index contributed by atoms with van der Waals surface area (Å²) in [5.74, 6) is -0.155. The maximum absolute atomic E-state index is 12.2. The summed E-state index contributed by atoms with van der Waals surface area (Å²) < 4.78 is 26.8. The van der Waals surface area contributed by atoms with Gasteiger partial charge in [0.15, 0.2) is 0 Å². The normalized spacial score (nSPS) is 12.5. The minimum atomic E-state index is -3.58. The number of rotatable bonds is 9. The van der Waals surface area contributed by atoms with Crippen molar-refractivity contribution in [3.63, 3.8) is 0 Å². The monoisotopic (exact) mass is 374 g/mol. The molecule has 0 radical (unpaired) electrons. The van der Waals surface area contributed by atoms with Crippen LogP contribution >= 0.6 is 0 Å². The molecule has 140 valence electrons. The Morgan fingerprint density at radius 3 is 2.35 bits per heavy atom. The average molecular weight is 375 g/mol. The first kappa shape index (κ1) is 20.1. The van der Waals surface area contributed by atoms with Crippen molar-refractivity contribution in [1.29, 1.82) is 0 Å². The molecule has 0 spiro atoms. The Hall–Kier alpha value is -2.18. The molecule has 0 aliphatic heterocycles. The summed E-state index contributed by atoms with van der Waals surface area (Å²) in [4.78, 5) is 12.2. The molecule has 6 heteroatoms. The van der Waals surface area contributed by atoms with E-state index in [2.05, 4.69) is 22.2 Å². The average Bonchev–Trinajstić information content (AvgIpc) is 2.61. The predicted molar refractivity (Wildman–Crippen MR) is 103 cm³/mol. The second-order valence-electron chi connectivity index (χ2n) is 6.45. The fourth-order valence-electron chi connectivity index (χ4n) is 2.55. The number of hydrogen-bond acceptors (Lipinski definition) is 3. The third-order valence-corrected chi connectivity index (χ3v) is 5.57. The quantitative estimate of drug-likeness (QED) is 0.709. The molecule has 2 aromatic rings. The molecule has 0 aliphatic rings. The molecule has 0 unspecified atom stereocenters. The summed E-state index contributed by atoms with van der Waals surface area (Å²) in [6.45, 7) is 3.93. The van der Waals surface area contributed by atoms with Crippen molar-refractivity contribution >= 4 is 15.9 Å². The number of benzene rings is 2. The Morgan fingerprint density at radius 1 is 1.04 bits per heavy atom. The lowest BCUT2D eigenvalue weighted by Gasteiger charge is -2.14. The van der Waals surface area contributed by atoms with Crippen molar-refractivity contribution in [2.45, 2.75) is 44.0 Å². The molecule has 1 atom stereocenters. The Kier molecular flexibility index (Phi) is 7.36. The number of carbonyl (C=O) groups excluding carboxylic acids is 1. The number of hydrogen-bond donors (Lipinski definition) is 2. The molecule has 0 saturated heterocycles. The maximum atomic E-state index is 12.2. The molecular formula is C20H26N2O3S. The molecule has 26 heavy (non-hydrogen) atoms. The van der Waals surface area contributed by atoms with Crippen molar-refractivity contribution in [2.24, 2.45) is 0 Å². The van der Waals surface area contributed by atoms with Gasteiger partial charge in [0, 0.05) is 19.0 Å². The molecule has 0 aromatic heterocycles. The topological polar surface area (TPSA) is 75.3 Å². The van der Waals surface area contributed by atoms with Gasteiger partial charge in [-0.1, -0.05) is 48.0 Å². The maximum Gasteiger partial charge on any atom is 0.240 e. The Bertz CT molecular complexity index is 803. The highest BCUT2D eigenvalue weighted by Crippen LogP contribution is 2.09. The van der Waals surface area contributed by atoms with Crippen LogP contribution in [0.5, 0.6) is 0 Å². The summed E-state index contributed by atoms with van der Waals surface area (Å²) in [5.41, 5.74) is 2.23. The van der Waals surface area contributed by atoms with Gasteiger partial charge in [-0.3, -0.25) is 4.79 Å². The van der Waals surface area contributed by atoms with Crippen LogP contribution in [0.15, 0.2) is 59.5 Å². The first-order chi connectivity index (χ1) is 12.4. The van der Waals surface area contributed by atoms with Gasteiger partial charge in [-0.15, -0.1) is 0 Å². The van der Waals surface area contributed by atoms with Gasteiger partial charge < -0.3 is 5.32 Å². The van der Waals surface area contributed by atoms with Crippen LogP contribution in [0, 0.1) is 6.92 Å². The number of amides is 1. The van der Waals surface area contributed by atoms with Gasteiger partial charge in [0.05, 0.1) is 4.90 Å². The van der Waals surface area contributed by atoms with Crippen LogP contribution in [-0.4, -0.2) is 26.9 Å². The Balaban J connectivity index is 1.71. The molecule has 2 rings (SSSR count). The molecule has 2 N–H and O–H groups in total. The van der Waals surface area contributed by atoms with E-state index in [9.17, 15) is 13.2 Å². The van der Waals surface area contributed by atoms with Crippen molar-refractivity contribution in [3.8, 4) is 0 Å². The SMILES string of the molecule is Cc1ccc(S(=O)(=O)NCCC(=O)N[C@@H](C)CCc2ccccc2)cc1. The lowest BCUT2D eigenvalue weighted by molar-refractivity contribution is -0.121. The molecule has 0 saturated carbocycles. The van der Waals surface area contributed by atoms with E-state index in [1.54, 1.807) is 24.3 Å². The van der Waals surface area contributed by atoms with Gasteiger partial charge in [-0.05, 0) is 44.4 Å². The van der Waals surface area contributed by atoms with E-state index in [4.69, 9.17) is 0 Å². The van der Waals surface area contributed by atoms with Gasteiger partial charge in [-0.25, -0.2) is 13.1 Å². The van der Waals surface area contributed by atoms with Crippen LogP contribution in [0.4, 0.5) is 0 Å². The summed E-state index contributed by atoms with van der Waals surface area (Å²) in [7, 11) is -3.58. The molecular weight excluding hydrogens is 348 g/mol. The third-order valence-electron chi connectivity index (χ3n) is 4.09. The molecule has 0 aliphatic carbocycles. The molecule has 0 heterocycles. The zero-order valence-electron chi connectivity index (χ0n) is 15.2. The van der Waals surface area contributed by atoms with Crippen molar-refractivity contribution < 1.29 is 13.2 Å². The van der Waals surface area contributed by atoms with Crippen LogP contribution in [0.2, 0.25) is 0 Å². The molecule has 1 amide bonds. The smallest absolute Gasteiger partial charge is 0.240 e. The number of nitrogens with one attached hydrogen (secondary N) is 2. The minimum absolute atomic E-state index is 0.0383. The standard InChI is InChI=1S/C20H26N2O3S/c1-16-8-12-19(13-9-16)26(24,25)21-15-14-20(23)22-17(2)10-11-18-6-4-3-5-7-18/h3-9,12-13,17,21H,10-11,14-15H2,1-2H3,(H,22,23)/t17-/m0/s1. The third kappa shape index (κ3) is 6.61. The Labute approximate surface area is 155 Å². The zero-order valence-corrected chi connectivity index (χ0v) is 16.1. The Morgan fingerprint density at radius 2 is 1.69 bits per heavy atom. The fourth-order valence-corrected chi connectivity index (χ4v) is 3.58. The first-order valence-electron chi connectivity index (χ1n) is 8.76. The van der Waals surface area contributed by atoms with Crippen LogP contribution in [0.3, 0.4) is 0 Å².